The van der Waals surface area contributed by atoms with Gasteiger partial charge in [-0.1, -0.05) is 122 Å². The van der Waals surface area contributed by atoms with Gasteiger partial charge in [-0.15, -0.1) is 0 Å². The number of aromatic nitrogens is 8. The Morgan fingerprint density at radius 1 is 0.645 bits per heavy atom. The van der Waals surface area contributed by atoms with Crippen molar-refractivity contribution in [2.75, 3.05) is 11.5 Å². The number of hydrogen-bond acceptors (Lipinski definition) is 10. The maximum atomic E-state index is 6.20. The zero-order valence-electron chi connectivity index (χ0n) is 33.9. The molecule has 2 saturated carbocycles. The highest BCUT2D eigenvalue weighted by atomic mass is 35.5. The molecule has 0 spiro atoms. The summed E-state index contributed by atoms with van der Waals surface area (Å²) in [5, 5.41) is 15.0. The average molecular weight is 872 g/mol. The minimum absolute atomic E-state index is 0. The second-order valence-electron chi connectivity index (χ2n) is 15.7. The number of benzene rings is 4. The van der Waals surface area contributed by atoms with Crippen LogP contribution in [0.25, 0.3) is 22.1 Å². The molecular formula is C48H52Cl2N10O2. The first kappa shape index (κ1) is 44.1. The number of nitrogens with two attached hydrogens (primary N) is 2. The van der Waals surface area contributed by atoms with E-state index in [1.165, 1.54) is 36.6 Å². The lowest BCUT2D eigenvalue weighted by Gasteiger charge is -2.35. The van der Waals surface area contributed by atoms with Crippen LogP contribution in [-0.4, -0.2) is 52.1 Å². The van der Waals surface area contributed by atoms with Gasteiger partial charge in [0.05, 0.1) is 53.6 Å². The van der Waals surface area contributed by atoms with E-state index in [1.54, 1.807) is 0 Å². The molecule has 62 heavy (non-hydrogen) atoms. The number of anilines is 2. The fourth-order valence-electron chi connectivity index (χ4n) is 7.62. The molecule has 8 aromatic rings. The molecule has 2 fully saturated rings. The summed E-state index contributed by atoms with van der Waals surface area (Å²) in [5.41, 5.74) is 19.8. The number of nitrogens with one attached hydrogen (secondary N) is 1. The van der Waals surface area contributed by atoms with Gasteiger partial charge in [0.2, 0.25) is 0 Å². The van der Waals surface area contributed by atoms with Crippen LogP contribution in [0.5, 0.6) is 0 Å². The molecule has 0 atom stereocenters. The van der Waals surface area contributed by atoms with E-state index in [2.05, 4.69) is 73.5 Å². The molecule has 5 N–H and O–H groups in total. The molecule has 10 rings (SSSR count). The fraction of sp³-hybridized carbons (Fsp3) is 0.292. The van der Waals surface area contributed by atoms with Gasteiger partial charge < -0.3 is 20.9 Å². The van der Waals surface area contributed by atoms with Crippen LogP contribution >= 0.6 is 23.2 Å². The summed E-state index contributed by atoms with van der Waals surface area (Å²) in [6.45, 7) is 3.69. The van der Waals surface area contributed by atoms with Gasteiger partial charge in [0, 0.05) is 22.9 Å². The molecule has 0 aliphatic heterocycles. The summed E-state index contributed by atoms with van der Waals surface area (Å²) in [6, 6.07) is 36.3. The number of nitrogens with zero attached hydrogens (tertiary/aromatic N) is 7. The number of H-pyrrole nitrogens is 1. The lowest BCUT2D eigenvalue weighted by atomic mass is 9.84. The molecule has 320 valence electrons. The lowest BCUT2D eigenvalue weighted by Crippen LogP contribution is -2.34. The molecule has 4 aromatic carbocycles. The topological polar surface area (TPSA) is 169 Å². The van der Waals surface area contributed by atoms with Crippen molar-refractivity contribution in [2.45, 2.75) is 84.3 Å². The zero-order valence-corrected chi connectivity index (χ0v) is 35.4. The number of nitrogen functional groups attached to an aromatic ring is 2. The predicted molar refractivity (Wildman–Crippen MR) is 248 cm³/mol. The van der Waals surface area contributed by atoms with Crippen molar-refractivity contribution in [2.24, 2.45) is 5.92 Å². The zero-order chi connectivity index (χ0) is 42.1. The largest absolute Gasteiger partial charge is 0.383 e. The molecule has 0 amide bonds. The van der Waals surface area contributed by atoms with Crippen LogP contribution in [0, 0.1) is 5.92 Å². The van der Waals surface area contributed by atoms with Crippen molar-refractivity contribution in [1.29, 1.82) is 0 Å². The van der Waals surface area contributed by atoms with Crippen LogP contribution in [-0.2, 0) is 35.5 Å². The van der Waals surface area contributed by atoms with Crippen molar-refractivity contribution < 1.29 is 9.47 Å². The highest BCUT2D eigenvalue weighted by Gasteiger charge is 2.34. The smallest absolute Gasteiger partial charge is 0.186 e. The van der Waals surface area contributed by atoms with Crippen molar-refractivity contribution in [3.05, 3.63) is 166 Å². The SMILES string of the molecule is C.CC1CC(OCc2ccccc2)C1.Nc1ncnc2c1c(Cc1cccc(Cl)c1)nn2C1CC(OCc2ccccc2)C1.Nc1ncnc2n[nH]c(Cc3cccc(Cl)c3)c12. The summed E-state index contributed by atoms with van der Waals surface area (Å²) in [4.78, 5) is 16.7. The third kappa shape index (κ3) is 11.1. The quantitative estimate of drug-likeness (QED) is 0.114. The number of rotatable bonds is 11. The molecular weight excluding hydrogens is 820 g/mol. The molecule has 2 aliphatic rings. The Kier molecular flexibility index (Phi) is 14.8. The maximum Gasteiger partial charge on any atom is 0.186 e. The van der Waals surface area contributed by atoms with Gasteiger partial charge in [-0.2, -0.15) is 10.2 Å². The van der Waals surface area contributed by atoms with Crippen LogP contribution in [0.3, 0.4) is 0 Å². The summed E-state index contributed by atoms with van der Waals surface area (Å²) >= 11 is 12.1. The number of ether oxygens (including phenoxy) is 2. The van der Waals surface area contributed by atoms with Crippen molar-refractivity contribution in [1.82, 2.24) is 39.9 Å². The van der Waals surface area contributed by atoms with Gasteiger partial charge >= 0.3 is 0 Å². The van der Waals surface area contributed by atoms with Crippen molar-refractivity contribution in [3.63, 3.8) is 0 Å². The summed E-state index contributed by atoms with van der Waals surface area (Å²) in [5.74, 6) is 1.77. The monoisotopic (exact) mass is 870 g/mol. The summed E-state index contributed by atoms with van der Waals surface area (Å²) in [6.07, 6.45) is 9.24. The Hall–Kier alpha value is -5.92. The Morgan fingerprint density at radius 2 is 1.18 bits per heavy atom. The van der Waals surface area contributed by atoms with E-state index in [0.717, 1.165) is 64.3 Å². The van der Waals surface area contributed by atoms with Crippen LogP contribution in [0.2, 0.25) is 10.0 Å². The normalized spacial score (nSPS) is 17.7. The lowest BCUT2D eigenvalue weighted by molar-refractivity contribution is -0.0375. The van der Waals surface area contributed by atoms with Gasteiger partial charge in [-0.05, 0) is 78.1 Å². The van der Waals surface area contributed by atoms with Crippen LogP contribution < -0.4 is 11.5 Å². The molecule has 14 heteroatoms. The standard InChI is InChI=1S/C23H22ClN5O.C12H10ClN5.C12H16O.CH4/c24-17-8-4-7-16(9-17)10-20-21-22(25)26-14-27-23(21)29(28-20)18-11-19(12-18)30-13-15-5-2-1-3-6-15;13-8-3-1-2-7(4-8)5-9-10-11(14)15-6-16-12(10)18-17-9;1-10-7-12(8-10)13-9-11-5-3-2-4-6-11;/h1-9,14,18-19H,10-13H2,(H2,25,26,27);1-4,6H,5H2,(H3,14,15,16,17,18);2-6,10,12H,7-9H2,1H3;1H4. The van der Waals surface area contributed by atoms with Gasteiger partial charge in [0.15, 0.2) is 11.3 Å². The number of halogens is 2. The highest BCUT2D eigenvalue weighted by molar-refractivity contribution is 6.30. The second kappa shape index (κ2) is 20.8. The van der Waals surface area contributed by atoms with E-state index < -0.39 is 0 Å². The third-order valence-electron chi connectivity index (χ3n) is 11.0. The minimum atomic E-state index is 0. The minimum Gasteiger partial charge on any atom is -0.383 e. The highest BCUT2D eigenvalue weighted by Crippen LogP contribution is 2.38. The van der Waals surface area contributed by atoms with E-state index >= 15 is 0 Å². The van der Waals surface area contributed by atoms with Crippen LogP contribution in [0.1, 0.15) is 79.7 Å². The Balaban J connectivity index is 0.000000153. The van der Waals surface area contributed by atoms with Gasteiger partial charge in [-0.3, -0.25) is 5.10 Å². The average Bonchev–Trinajstić information content (AvgIpc) is 3.82. The van der Waals surface area contributed by atoms with E-state index in [0.29, 0.717) is 52.9 Å². The first-order chi connectivity index (χ1) is 29.8. The molecule has 0 radical (unpaired) electrons. The van der Waals surface area contributed by atoms with Crippen LogP contribution in [0.4, 0.5) is 11.6 Å². The molecule has 4 aromatic heterocycles. The summed E-state index contributed by atoms with van der Waals surface area (Å²) < 4.78 is 13.8. The van der Waals surface area contributed by atoms with Crippen molar-refractivity contribution in [3.8, 4) is 0 Å². The number of hydrogen-bond donors (Lipinski definition) is 3. The van der Waals surface area contributed by atoms with E-state index in [-0.39, 0.29) is 19.6 Å². The van der Waals surface area contributed by atoms with Crippen LogP contribution in [0.15, 0.2) is 122 Å². The van der Waals surface area contributed by atoms with Gasteiger partial charge in [-0.25, -0.2) is 24.6 Å². The fourth-order valence-corrected chi connectivity index (χ4v) is 8.05. The molecule has 0 unspecified atom stereocenters. The second-order valence-corrected chi connectivity index (χ2v) is 16.5. The first-order valence-corrected chi connectivity index (χ1v) is 21.2. The molecule has 0 bridgehead atoms. The summed E-state index contributed by atoms with van der Waals surface area (Å²) in [7, 11) is 0. The Morgan fingerprint density at radius 3 is 1.76 bits per heavy atom. The molecule has 0 saturated heterocycles. The van der Waals surface area contributed by atoms with E-state index in [1.807, 2.05) is 77.5 Å². The van der Waals surface area contributed by atoms with Gasteiger partial charge in [0.25, 0.3) is 0 Å². The van der Waals surface area contributed by atoms with Gasteiger partial charge in [0.1, 0.15) is 24.3 Å². The Bertz CT molecular complexity index is 2660. The number of fused-ring (bicyclic) bond motifs is 2. The van der Waals surface area contributed by atoms with E-state index in [9.17, 15) is 0 Å². The third-order valence-corrected chi connectivity index (χ3v) is 11.4. The molecule has 2 aliphatic carbocycles. The molecule has 4 heterocycles. The predicted octanol–water partition coefficient (Wildman–Crippen LogP) is 10.4. The Labute approximate surface area is 372 Å². The van der Waals surface area contributed by atoms with Crippen molar-refractivity contribution >= 4 is 56.9 Å². The maximum absolute atomic E-state index is 6.20. The molecule has 12 nitrogen and oxygen atoms in total. The first-order valence-electron chi connectivity index (χ1n) is 20.5. The number of aromatic amines is 1. The van der Waals surface area contributed by atoms with E-state index in [4.69, 9.17) is 49.2 Å².